The summed E-state index contributed by atoms with van der Waals surface area (Å²) in [7, 11) is 0. The molecule has 1 heterocycles. The molecule has 1 N–H and O–H groups in total. The lowest BCUT2D eigenvalue weighted by Crippen LogP contribution is -2.05. The third-order valence-electron chi connectivity index (χ3n) is 2.74. The third kappa shape index (κ3) is 2.82. The molecule has 0 bridgehead atoms. The van der Waals surface area contributed by atoms with Crippen molar-refractivity contribution in [3.05, 3.63) is 51.7 Å². The van der Waals surface area contributed by atoms with Gasteiger partial charge in [-0.05, 0) is 12.0 Å². The minimum absolute atomic E-state index is 0.0304. The number of nitro benzene ring substituents is 1. The van der Waals surface area contributed by atoms with E-state index in [0.29, 0.717) is 16.8 Å². The highest BCUT2D eigenvalue weighted by Crippen LogP contribution is 2.24. The lowest BCUT2D eigenvalue weighted by Gasteiger charge is -2.08. The second-order valence-corrected chi connectivity index (χ2v) is 3.89. The van der Waals surface area contributed by atoms with Gasteiger partial charge in [0, 0.05) is 12.1 Å². The second kappa shape index (κ2) is 5.38. The number of aromatic nitrogens is 2. The van der Waals surface area contributed by atoms with E-state index >= 15 is 0 Å². The van der Waals surface area contributed by atoms with Crippen molar-refractivity contribution in [3.63, 3.8) is 0 Å². The van der Waals surface area contributed by atoms with Crippen LogP contribution >= 0.6 is 0 Å². The largest absolute Gasteiger partial charge is 0.471 e. The van der Waals surface area contributed by atoms with E-state index in [1.165, 1.54) is 18.3 Å². The molecule has 0 aliphatic rings. The quantitative estimate of drug-likeness (QED) is 0.507. The van der Waals surface area contributed by atoms with E-state index in [4.69, 9.17) is 9.94 Å². The van der Waals surface area contributed by atoms with Crippen LogP contribution in [0.25, 0.3) is 0 Å². The summed E-state index contributed by atoms with van der Waals surface area (Å²) in [5, 5.41) is 23.6. The molecule has 0 radical (unpaired) electrons. The summed E-state index contributed by atoms with van der Waals surface area (Å²) in [6, 6.07) is 6.40. The van der Waals surface area contributed by atoms with Gasteiger partial charge in [-0.15, -0.1) is 4.85 Å². The highest BCUT2D eigenvalue weighted by molar-refractivity contribution is 5.45. The van der Waals surface area contributed by atoms with E-state index in [2.05, 4.69) is 5.10 Å². The van der Waals surface area contributed by atoms with Crippen molar-refractivity contribution < 1.29 is 14.9 Å². The summed E-state index contributed by atoms with van der Waals surface area (Å²) in [6.45, 7) is 1.96. The van der Waals surface area contributed by atoms with Gasteiger partial charge < -0.3 is 9.94 Å². The molecule has 0 atom stereocenters. The number of nitrogens with zero attached hydrogens (tertiary/aromatic N) is 3. The highest BCUT2D eigenvalue weighted by Gasteiger charge is 2.17. The fraction of sp³-hybridized carbons (Fsp3) is 0.250. The molecule has 7 heteroatoms. The van der Waals surface area contributed by atoms with Gasteiger partial charge in [0.05, 0.1) is 16.7 Å². The lowest BCUT2D eigenvalue weighted by molar-refractivity contribution is -0.385. The molecule has 2 rings (SSSR count). The Hall–Kier alpha value is -2.57. The minimum atomic E-state index is -0.428. The Morgan fingerprint density at radius 1 is 1.47 bits per heavy atom. The first-order valence-electron chi connectivity index (χ1n) is 5.74. The van der Waals surface area contributed by atoms with Crippen LogP contribution in [0.5, 0.6) is 5.88 Å². The first kappa shape index (κ1) is 12.9. The van der Waals surface area contributed by atoms with Gasteiger partial charge in [0.2, 0.25) is 5.88 Å². The van der Waals surface area contributed by atoms with Crippen LogP contribution in [0, 0.1) is 10.1 Å². The van der Waals surface area contributed by atoms with E-state index in [0.717, 1.165) is 5.56 Å². The van der Waals surface area contributed by atoms with Gasteiger partial charge in [0.25, 0.3) is 5.69 Å². The monoisotopic (exact) mass is 263 g/mol. The Morgan fingerprint density at radius 3 is 2.84 bits per heavy atom. The molecule has 0 amide bonds. The Kier molecular flexibility index (Phi) is 3.65. The standard InChI is InChI=1S/C12H13N3O4/c1-2-9-4-3-5-11(15(17)18)10(9)8-19-12-6-7-14(16)13-12/h3-7,16H,2,8H2,1H3. The summed E-state index contributed by atoms with van der Waals surface area (Å²) in [6.07, 6.45) is 1.99. The van der Waals surface area contributed by atoms with Gasteiger partial charge >= 0.3 is 0 Å². The second-order valence-electron chi connectivity index (χ2n) is 3.89. The Bertz CT molecular complexity index is 594. The average Bonchev–Trinajstić information content (AvgIpc) is 2.81. The minimum Gasteiger partial charge on any atom is -0.471 e. The third-order valence-corrected chi connectivity index (χ3v) is 2.74. The molecule has 19 heavy (non-hydrogen) atoms. The summed E-state index contributed by atoms with van der Waals surface area (Å²) < 4.78 is 5.35. The number of hydrogen-bond donors (Lipinski definition) is 1. The van der Waals surface area contributed by atoms with E-state index < -0.39 is 4.92 Å². The molecule has 0 spiro atoms. The zero-order valence-corrected chi connectivity index (χ0v) is 10.3. The Morgan fingerprint density at radius 2 is 2.26 bits per heavy atom. The van der Waals surface area contributed by atoms with Crippen LogP contribution in [0.3, 0.4) is 0 Å². The summed E-state index contributed by atoms with van der Waals surface area (Å²) in [5.74, 6) is 0.211. The van der Waals surface area contributed by atoms with Crippen LogP contribution in [0.1, 0.15) is 18.1 Å². The molecular weight excluding hydrogens is 250 g/mol. The zero-order chi connectivity index (χ0) is 13.8. The smallest absolute Gasteiger partial charge is 0.276 e. The van der Waals surface area contributed by atoms with Crippen molar-refractivity contribution in [1.82, 2.24) is 9.94 Å². The van der Waals surface area contributed by atoms with Crippen molar-refractivity contribution >= 4 is 5.69 Å². The molecule has 7 nitrogen and oxygen atoms in total. The Balaban J connectivity index is 2.25. The van der Waals surface area contributed by atoms with Gasteiger partial charge in [-0.2, -0.15) is 0 Å². The average molecular weight is 263 g/mol. The van der Waals surface area contributed by atoms with Crippen LogP contribution < -0.4 is 4.74 Å². The van der Waals surface area contributed by atoms with Gasteiger partial charge in [0.1, 0.15) is 6.61 Å². The van der Waals surface area contributed by atoms with Gasteiger partial charge in [0.15, 0.2) is 0 Å². The molecule has 2 aromatic rings. The van der Waals surface area contributed by atoms with E-state index in [1.54, 1.807) is 6.07 Å². The van der Waals surface area contributed by atoms with Crippen molar-refractivity contribution in [2.75, 3.05) is 0 Å². The van der Waals surface area contributed by atoms with Crippen LogP contribution in [0.15, 0.2) is 30.5 Å². The molecular formula is C12H13N3O4. The van der Waals surface area contributed by atoms with Crippen LogP contribution in [-0.4, -0.2) is 20.1 Å². The van der Waals surface area contributed by atoms with Gasteiger partial charge in [-0.25, -0.2) is 0 Å². The number of hydrogen-bond acceptors (Lipinski definition) is 5. The normalized spacial score (nSPS) is 10.4. The molecule has 1 aromatic carbocycles. The Labute approximate surface area is 109 Å². The van der Waals surface area contributed by atoms with Crippen LogP contribution in [0.2, 0.25) is 0 Å². The molecule has 0 saturated carbocycles. The van der Waals surface area contributed by atoms with Crippen molar-refractivity contribution in [2.45, 2.75) is 20.0 Å². The van der Waals surface area contributed by atoms with E-state index in [1.807, 2.05) is 13.0 Å². The SMILES string of the molecule is CCc1cccc([N+](=O)[O-])c1COc1ccn(O)n1. The summed E-state index contributed by atoms with van der Waals surface area (Å²) in [5.41, 5.74) is 1.42. The van der Waals surface area contributed by atoms with Crippen molar-refractivity contribution in [2.24, 2.45) is 0 Å². The topological polar surface area (TPSA) is 90.4 Å². The lowest BCUT2D eigenvalue weighted by atomic mass is 10.0. The predicted octanol–water partition coefficient (Wildman–Crippen LogP) is 2.17. The number of nitro groups is 1. The number of benzene rings is 1. The van der Waals surface area contributed by atoms with Gasteiger partial charge in [-0.3, -0.25) is 10.1 Å². The predicted molar refractivity (Wildman–Crippen MR) is 66.2 cm³/mol. The van der Waals surface area contributed by atoms with Crippen LogP contribution in [-0.2, 0) is 13.0 Å². The fourth-order valence-electron chi connectivity index (χ4n) is 1.81. The molecule has 0 saturated heterocycles. The zero-order valence-electron chi connectivity index (χ0n) is 10.3. The number of ether oxygens (including phenoxy) is 1. The molecule has 1 aromatic heterocycles. The maximum absolute atomic E-state index is 11.0. The fourth-order valence-corrected chi connectivity index (χ4v) is 1.81. The summed E-state index contributed by atoms with van der Waals surface area (Å²) in [4.78, 5) is 11.2. The highest BCUT2D eigenvalue weighted by atomic mass is 16.6. The first-order valence-corrected chi connectivity index (χ1v) is 5.74. The molecule has 100 valence electrons. The molecule has 0 aliphatic heterocycles. The molecule has 0 fully saturated rings. The molecule has 0 unspecified atom stereocenters. The maximum atomic E-state index is 11.0. The van der Waals surface area contributed by atoms with Crippen molar-refractivity contribution in [1.29, 1.82) is 0 Å². The number of rotatable bonds is 5. The first-order chi connectivity index (χ1) is 9.11. The van der Waals surface area contributed by atoms with Crippen molar-refractivity contribution in [3.8, 4) is 5.88 Å². The molecule has 0 aliphatic carbocycles. The van der Waals surface area contributed by atoms with E-state index in [-0.39, 0.29) is 18.2 Å². The summed E-state index contributed by atoms with van der Waals surface area (Å²) >= 11 is 0. The van der Waals surface area contributed by atoms with Crippen LogP contribution in [0.4, 0.5) is 5.69 Å². The van der Waals surface area contributed by atoms with Gasteiger partial charge in [-0.1, -0.05) is 24.2 Å². The number of aryl methyl sites for hydroxylation is 1. The van der Waals surface area contributed by atoms with E-state index in [9.17, 15) is 10.1 Å². The maximum Gasteiger partial charge on any atom is 0.276 e.